The molecule has 0 radical (unpaired) electrons. The van der Waals surface area contributed by atoms with Crippen molar-refractivity contribution in [1.29, 1.82) is 0 Å². The molecule has 0 spiro atoms. The fourth-order valence-corrected chi connectivity index (χ4v) is 4.34. The lowest BCUT2D eigenvalue weighted by molar-refractivity contribution is -0.152. The Balaban J connectivity index is 1.36. The van der Waals surface area contributed by atoms with Gasteiger partial charge in [0.15, 0.2) is 6.10 Å². The van der Waals surface area contributed by atoms with Crippen LogP contribution in [0.1, 0.15) is 30.1 Å². The van der Waals surface area contributed by atoms with Crippen LogP contribution in [0.4, 0.5) is 0 Å². The van der Waals surface area contributed by atoms with Gasteiger partial charge in [0.05, 0.1) is 7.11 Å². The number of nitrogens with zero attached hydrogens (tertiary/aromatic N) is 1. The first-order valence-corrected chi connectivity index (χ1v) is 10.7. The van der Waals surface area contributed by atoms with Crippen LogP contribution in [0.15, 0.2) is 54.6 Å². The smallest absolute Gasteiger partial charge is 0.253 e. The van der Waals surface area contributed by atoms with E-state index in [0.717, 1.165) is 11.3 Å². The first-order chi connectivity index (χ1) is 15.5. The van der Waals surface area contributed by atoms with E-state index in [-0.39, 0.29) is 17.9 Å². The summed E-state index contributed by atoms with van der Waals surface area (Å²) in [7, 11) is 1.59. The highest BCUT2D eigenvalue weighted by atomic mass is 16.5. The predicted octanol–water partition coefficient (Wildman–Crippen LogP) is 0.946. The maximum atomic E-state index is 13.0. The minimum atomic E-state index is -1.27. The summed E-state index contributed by atoms with van der Waals surface area (Å²) in [6.45, 7) is 0.377. The number of piperidine rings is 1. The Hall–Kier alpha value is -3.39. The molecule has 2 heterocycles. The lowest BCUT2D eigenvalue weighted by Gasteiger charge is -2.44. The standard InChI is InChI=1S/C24H27N3O5/c1-32-18-9-7-15(8-10-18)13-19-24(31)27-12-11-17(14-20(27)22(29)26-19)25-23(30)21(28)16-5-3-2-4-6-16/h2-10,17,19-21,28H,11-14H2,1H3,(H,25,30)(H,26,29)/t17-,19-,20-,21-/m0/s1. The van der Waals surface area contributed by atoms with Gasteiger partial charge in [-0.05, 0) is 36.1 Å². The molecule has 3 N–H and O–H groups in total. The van der Waals surface area contributed by atoms with Crippen LogP contribution in [0.3, 0.4) is 0 Å². The quantitative estimate of drug-likeness (QED) is 0.624. The van der Waals surface area contributed by atoms with Crippen molar-refractivity contribution in [2.45, 2.75) is 43.5 Å². The second-order valence-corrected chi connectivity index (χ2v) is 8.20. The molecule has 4 atom stereocenters. The zero-order chi connectivity index (χ0) is 22.7. The summed E-state index contributed by atoms with van der Waals surface area (Å²) in [4.78, 5) is 39.9. The number of carbonyl (C=O) groups is 3. The summed E-state index contributed by atoms with van der Waals surface area (Å²) >= 11 is 0. The largest absolute Gasteiger partial charge is 0.497 e. The average Bonchev–Trinajstić information content (AvgIpc) is 2.83. The number of nitrogens with one attached hydrogen (secondary N) is 2. The molecule has 168 valence electrons. The number of hydrogen-bond acceptors (Lipinski definition) is 5. The van der Waals surface area contributed by atoms with Gasteiger partial charge in [0.1, 0.15) is 17.8 Å². The molecule has 4 rings (SSSR count). The van der Waals surface area contributed by atoms with Gasteiger partial charge in [0.25, 0.3) is 5.91 Å². The van der Waals surface area contributed by atoms with Crippen LogP contribution >= 0.6 is 0 Å². The number of fused-ring (bicyclic) bond motifs is 1. The van der Waals surface area contributed by atoms with Gasteiger partial charge < -0.3 is 25.4 Å². The van der Waals surface area contributed by atoms with Gasteiger partial charge in [-0.1, -0.05) is 42.5 Å². The molecule has 2 aromatic carbocycles. The predicted molar refractivity (Wildman–Crippen MR) is 117 cm³/mol. The van der Waals surface area contributed by atoms with Crippen LogP contribution in [0.5, 0.6) is 5.75 Å². The van der Waals surface area contributed by atoms with Gasteiger partial charge in [0, 0.05) is 19.0 Å². The van der Waals surface area contributed by atoms with Crippen LogP contribution in [-0.4, -0.2) is 59.5 Å². The van der Waals surface area contributed by atoms with E-state index < -0.39 is 24.1 Å². The molecule has 2 fully saturated rings. The van der Waals surface area contributed by atoms with E-state index in [4.69, 9.17) is 4.74 Å². The Labute approximate surface area is 186 Å². The van der Waals surface area contributed by atoms with Gasteiger partial charge in [0.2, 0.25) is 11.8 Å². The Morgan fingerprint density at radius 1 is 1.19 bits per heavy atom. The summed E-state index contributed by atoms with van der Waals surface area (Å²) in [5.74, 6) is -0.103. The molecule has 32 heavy (non-hydrogen) atoms. The number of benzene rings is 2. The topological polar surface area (TPSA) is 108 Å². The molecular weight excluding hydrogens is 410 g/mol. The van der Waals surface area contributed by atoms with Gasteiger partial charge in [-0.25, -0.2) is 0 Å². The second-order valence-electron chi connectivity index (χ2n) is 8.20. The maximum Gasteiger partial charge on any atom is 0.253 e. The number of aliphatic hydroxyl groups is 1. The lowest BCUT2D eigenvalue weighted by Crippen LogP contribution is -2.67. The summed E-state index contributed by atoms with van der Waals surface area (Å²) < 4.78 is 5.15. The Morgan fingerprint density at radius 2 is 1.91 bits per heavy atom. The fourth-order valence-electron chi connectivity index (χ4n) is 4.34. The van der Waals surface area contributed by atoms with Crippen molar-refractivity contribution in [2.75, 3.05) is 13.7 Å². The number of aliphatic hydroxyl groups excluding tert-OH is 1. The number of piperazine rings is 1. The minimum Gasteiger partial charge on any atom is -0.497 e. The van der Waals surface area contributed by atoms with Crippen molar-refractivity contribution in [3.8, 4) is 5.75 Å². The zero-order valence-corrected chi connectivity index (χ0v) is 17.9. The van der Waals surface area contributed by atoms with E-state index in [1.54, 1.807) is 36.3 Å². The highest BCUT2D eigenvalue weighted by molar-refractivity contribution is 5.97. The maximum absolute atomic E-state index is 13.0. The van der Waals surface area contributed by atoms with Crippen LogP contribution in [0.25, 0.3) is 0 Å². The number of hydrogen-bond donors (Lipinski definition) is 3. The summed E-state index contributed by atoms with van der Waals surface area (Å²) in [5.41, 5.74) is 1.44. The second kappa shape index (κ2) is 9.40. The molecule has 8 nitrogen and oxygen atoms in total. The number of amides is 3. The molecule has 2 saturated heterocycles. The monoisotopic (exact) mass is 437 g/mol. The van der Waals surface area contributed by atoms with Crippen molar-refractivity contribution in [3.05, 3.63) is 65.7 Å². The molecule has 2 aromatic rings. The van der Waals surface area contributed by atoms with Gasteiger partial charge in [-0.2, -0.15) is 0 Å². The summed E-state index contributed by atoms with van der Waals surface area (Å²) in [6, 6.07) is 14.6. The van der Waals surface area contributed by atoms with E-state index in [0.29, 0.717) is 31.4 Å². The van der Waals surface area contributed by atoms with E-state index in [1.807, 2.05) is 30.3 Å². The first-order valence-electron chi connectivity index (χ1n) is 10.7. The van der Waals surface area contributed by atoms with Gasteiger partial charge >= 0.3 is 0 Å². The summed E-state index contributed by atoms with van der Waals surface area (Å²) in [6.07, 6.45) is -0.0239. The highest BCUT2D eigenvalue weighted by Crippen LogP contribution is 2.24. The third-order valence-corrected chi connectivity index (χ3v) is 6.11. The normalized spacial score (nSPS) is 23.7. The molecule has 0 bridgehead atoms. The van der Waals surface area contributed by atoms with Crippen LogP contribution in [-0.2, 0) is 20.8 Å². The van der Waals surface area contributed by atoms with E-state index in [9.17, 15) is 19.5 Å². The Kier molecular flexibility index (Phi) is 6.41. The van der Waals surface area contributed by atoms with E-state index in [1.165, 1.54) is 0 Å². The number of rotatable bonds is 6. The van der Waals surface area contributed by atoms with Gasteiger partial charge in [-0.3, -0.25) is 14.4 Å². The van der Waals surface area contributed by atoms with Crippen molar-refractivity contribution < 1.29 is 24.2 Å². The fraction of sp³-hybridized carbons (Fsp3) is 0.375. The molecule has 8 heteroatoms. The Bertz CT molecular complexity index is 979. The van der Waals surface area contributed by atoms with Crippen LogP contribution in [0.2, 0.25) is 0 Å². The first kappa shape index (κ1) is 21.8. The molecule has 2 aliphatic heterocycles. The van der Waals surface area contributed by atoms with Crippen molar-refractivity contribution in [3.63, 3.8) is 0 Å². The van der Waals surface area contributed by atoms with Crippen LogP contribution in [0, 0.1) is 0 Å². The molecule has 0 aliphatic carbocycles. The lowest BCUT2D eigenvalue weighted by atomic mass is 9.91. The molecule has 3 amide bonds. The number of ether oxygens (including phenoxy) is 1. The molecule has 0 aromatic heterocycles. The third-order valence-electron chi connectivity index (χ3n) is 6.11. The SMILES string of the molecule is COc1ccc(C[C@@H]2NC(=O)[C@@H]3C[C@@H](NC(=O)[C@@H](O)c4ccccc4)CCN3C2=O)cc1. The molecule has 0 unspecified atom stereocenters. The third kappa shape index (κ3) is 4.60. The summed E-state index contributed by atoms with van der Waals surface area (Å²) in [5, 5.41) is 16.0. The van der Waals surface area contributed by atoms with E-state index in [2.05, 4.69) is 10.6 Å². The van der Waals surface area contributed by atoms with Crippen molar-refractivity contribution in [2.24, 2.45) is 0 Å². The Morgan fingerprint density at radius 3 is 2.59 bits per heavy atom. The highest BCUT2D eigenvalue weighted by Gasteiger charge is 2.44. The molecular formula is C24H27N3O5. The van der Waals surface area contributed by atoms with Crippen LogP contribution < -0.4 is 15.4 Å². The van der Waals surface area contributed by atoms with E-state index >= 15 is 0 Å². The molecule has 2 aliphatic rings. The average molecular weight is 437 g/mol. The number of methoxy groups -OCH3 is 1. The van der Waals surface area contributed by atoms with Crippen molar-refractivity contribution in [1.82, 2.24) is 15.5 Å². The minimum absolute atomic E-state index is 0.112. The number of carbonyl (C=O) groups excluding carboxylic acids is 3. The van der Waals surface area contributed by atoms with Crippen molar-refractivity contribution >= 4 is 17.7 Å². The molecule has 0 saturated carbocycles. The zero-order valence-electron chi connectivity index (χ0n) is 17.9. The van der Waals surface area contributed by atoms with Gasteiger partial charge in [-0.15, -0.1) is 0 Å².